The molecule has 0 fully saturated rings. The summed E-state index contributed by atoms with van der Waals surface area (Å²) >= 11 is 0. The molecule has 1 atom stereocenters. The number of para-hydroxylation sites is 2. The lowest BCUT2D eigenvalue weighted by molar-refractivity contribution is -0.136. The van der Waals surface area contributed by atoms with E-state index < -0.39 is 32.9 Å². The van der Waals surface area contributed by atoms with E-state index in [-0.39, 0.29) is 31.8 Å². The lowest BCUT2D eigenvalue weighted by atomic mass is 10.1. The molecule has 2 N–H and O–H groups in total. The minimum atomic E-state index is -4.48. The topological polar surface area (TPSA) is 122 Å². The van der Waals surface area contributed by atoms with Crippen molar-refractivity contribution in [1.82, 2.24) is 5.32 Å². The van der Waals surface area contributed by atoms with Gasteiger partial charge in [-0.05, 0) is 31.5 Å². The van der Waals surface area contributed by atoms with Crippen LogP contribution < -0.4 is 14.4 Å². The highest BCUT2D eigenvalue weighted by Gasteiger charge is 2.39. The first kappa shape index (κ1) is 23.6. The number of rotatable bonds is 7. The zero-order valence-electron chi connectivity index (χ0n) is 17.9. The summed E-state index contributed by atoms with van der Waals surface area (Å²) in [5.74, 6) is -0.250. The lowest BCUT2D eigenvalue weighted by Crippen LogP contribution is -2.48. The number of nitrogens with one attached hydrogen (secondary N) is 1. The molecule has 0 aliphatic carbocycles. The van der Waals surface area contributed by atoms with E-state index in [1.165, 1.54) is 13.8 Å². The number of anilines is 1. The molecule has 2 aromatic rings. The predicted molar refractivity (Wildman–Crippen MR) is 118 cm³/mol. The van der Waals surface area contributed by atoms with Crippen LogP contribution in [0.1, 0.15) is 25.8 Å². The largest absolute Gasteiger partial charge is 0.486 e. The quantitative estimate of drug-likeness (QED) is 0.605. The second-order valence-corrected chi connectivity index (χ2v) is 9.60. The van der Waals surface area contributed by atoms with Gasteiger partial charge in [-0.25, -0.2) is 4.79 Å². The van der Waals surface area contributed by atoms with Gasteiger partial charge in [0, 0.05) is 13.0 Å². The maximum atomic E-state index is 13.0. The molecule has 0 bridgehead atoms. The van der Waals surface area contributed by atoms with E-state index in [1.807, 2.05) is 0 Å². The Hall–Kier alpha value is -3.11. The Morgan fingerprint density at radius 3 is 2.50 bits per heavy atom. The van der Waals surface area contributed by atoms with Crippen molar-refractivity contribution in [3.05, 3.63) is 60.2 Å². The molecule has 0 saturated carbocycles. The maximum absolute atomic E-state index is 13.0. The molecule has 2 aromatic carbocycles. The molecule has 32 heavy (non-hydrogen) atoms. The highest BCUT2D eigenvalue weighted by Crippen LogP contribution is 2.36. The van der Waals surface area contributed by atoms with Crippen LogP contribution in [-0.2, 0) is 26.2 Å². The average Bonchev–Trinajstić information content (AvgIpc) is 2.76. The molecule has 1 aliphatic rings. The smallest absolute Gasteiger partial charge is 0.445 e. The van der Waals surface area contributed by atoms with Crippen LogP contribution >= 0.6 is 0 Å². The molecule has 3 rings (SSSR count). The van der Waals surface area contributed by atoms with E-state index in [9.17, 15) is 23.1 Å². The third-order valence-electron chi connectivity index (χ3n) is 4.80. The van der Waals surface area contributed by atoms with Crippen molar-refractivity contribution in [2.75, 3.05) is 17.4 Å². The van der Waals surface area contributed by atoms with E-state index in [2.05, 4.69) is 5.32 Å². The van der Waals surface area contributed by atoms with E-state index in [1.54, 1.807) is 54.6 Å². The third-order valence-corrected chi connectivity index (χ3v) is 6.27. The van der Waals surface area contributed by atoms with Crippen molar-refractivity contribution in [2.24, 2.45) is 0 Å². The summed E-state index contributed by atoms with van der Waals surface area (Å²) in [5.41, 5.74) is -0.627. The summed E-state index contributed by atoms with van der Waals surface area (Å²) in [5, 5.41) is 10.9. The fourth-order valence-corrected chi connectivity index (χ4v) is 4.24. The average molecular weight is 463 g/mol. The Kier molecular flexibility index (Phi) is 7.05. The Bertz CT molecular complexity index is 1070. The number of sulfonamides is 1. The monoisotopic (exact) mass is 462 g/mol. The molecular weight excluding hydrogens is 436 g/mol. The Morgan fingerprint density at radius 1 is 1.16 bits per heavy atom. The standard InChI is InChI=1S/C22H26N2O7S/c1-22(2,27)20(25)23-13-12-17-14-24(18-10-6-7-11-19(18)31-17)32(28,29)21(26)30-15-16-8-4-3-5-9-16/h3-11,17,27H,12-15H2,1-2H3,(H,23,25). The number of hydrogen-bond donors (Lipinski definition) is 2. The van der Waals surface area contributed by atoms with Crippen LogP contribution in [0.2, 0.25) is 0 Å². The maximum Gasteiger partial charge on any atom is 0.445 e. The summed E-state index contributed by atoms with van der Waals surface area (Å²) in [7, 11) is -4.48. The normalized spacial score (nSPS) is 16.0. The van der Waals surface area contributed by atoms with Gasteiger partial charge in [-0.3, -0.25) is 9.10 Å². The number of carbonyl (C=O) groups excluding carboxylic acids is 2. The SMILES string of the molecule is CC(C)(O)C(=O)NCCC1CN(S(=O)(=O)C(=O)OCc2ccccc2)c2ccccc2O1. The fourth-order valence-electron chi connectivity index (χ4n) is 3.08. The molecule has 0 saturated heterocycles. The lowest BCUT2D eigenvalue weighted by Gasteiger charge is -2.34. The Balaban J connectivity index is 1.72. The predicted octanol–water partition coefficient (Wildman–Crippen LogP) is 2.20. The van der Waals surface area contributed by atoms with Gasteiger partial charge in [0.1, 0.15) is 24.1 Å². The molecule has 10 heteroatoms. The molecular formula is C22H26N2O7S. The van der Waals surface area contributed by atoms with Crippen LogP contribution in [0, 0.1) is 0 Å². The molecule has 172 valence electrons. The van der Waals surface area contributed by atoms with Crippen LogP contribution in [0.5, 0.6) is 5.75 Å². The van der Waals surface area contributed by atoms with Crippen molar-refractivity contribution in [1.29, 1.82) is 0 Å². The Labute approximate surface area is 187 Å². The number of benzene rings is 2. The first-order valence-corrected chi connectivity index (χ1v) is 11.5. The van der Waals surface area contributed by atoms with Crippen LogP contribution in [0.4, 0.5) is 10.5 Å². The van der Waals surface area contributed by atoms with Gasteiger partial charge >= 0.3 is 15.3 Å². The van der Waals surface area contributed by atoms with Gasteiger partial charge in [-0.2, -0.15) is 8.42 Å². The van der Waals surface area contributed by atoms with Crippen molar-refractivity contribution < 1.29 is 32.6 Å². The summed E-state index contributed by atoms with van der Waals surface area (Å²) in [6.45, 7) is 2.59. The zero-order chi connectivity index (χ0) is 23.4. The van der Waals surface area contributed by atoms with Gasteiger partial charge in [-0.1, -0.05) is 42.5 Å². The summed E-state index contributed by atoms with van der Waals surface area (Å²) in [6.07, 6.45) is -0.356. The van der Waals surface area contributed by atoms with E-state index in [0.717, 1.165) is 4.31 Å². The van der Waals surface area contributed by atoms with Crippen molar-refractivity contribution in [3.63, 3.8) is 0 Å². The van der Waals surface area contributed by atoms with Gasteiger partial charge < -0.3 is 19.9 Å². The van der Waals surface area contributed by atoms with Gasteiger partial charge in [0.05, 0.1) is 12.2 Å². The number of fused-ring (bicyclic) bond motifs is 1. The van der Waals surface area contributed by atoms with Crippen LogP contribution in [-0.4, -0.2) is 49.5 Å². The van der Waals surface area contributed by atoms with Gasteiger partial charge in [0.15, 0.2) is 0 Å². The number of aliphatic hydroxyl groups is 1. The molecule has 9 nitrogen and oxygen atoms in total. The first-order valence-electron chi connectivity index (χ1n) is 10.1. The van der Waals surface area contributed by atoms with Crippen molar-refractivity contribution in [2.45, 2.75) is 38.6 Å². The highest BCUT2D eigenvalue weighted by molar-refractivity contribution is 8.06. The highest BCUT2D eigenvalue weighted by atomic mass is 32.2. The van der Waals surface area contributed by atoms with E-state index >= 15 is 0 Å². The zero-order valence-corrected chi connectivity index (χ0v) is 18.7. The second kappa shape index (κ2) is 9.58. The van der Waals surface area contributed by atoms with Crippen LogP contribution in [0.25, 0.3) is 0 Å². The van der Waals surface area contributed by atoms with Gasteiger partial charge in [0.25, 0.3) is 5.91 Å². The number of amides is 1. The fraction of sp³-hybridized carbons (Fsp3) is 0.364. The van der Waals surface area contributed by atoms with E-state index in [4.69, 9.17) is 9.47 Å². The number of nitrogens with zero attached hydrogens (tertiary/aromatic N) is 1. The van der Waals surface area contributed by atoms with Gasteiger partial charge in [-0.15, -0.1) is 0 Å². The van der Waals surface area contributed by atoms with Crippen molar-refractivity contribution >= 4 is 26.9 Å². The molecule has 0 aromatic heterocycles. The minimum Gasteiger partial charge on any atom is -0.486 e. The number of ether oxygens (including phenoxy) is 2. The minimum absolute atomic E-state index is 0.127. The number of carbonyl (C=O) groups is 2. The number of hydrogen-bond acceptors (Lipinski definition) is 7. The summed E-state index contributed by atoms with van der Waals surface area (Å²) in [4.78, 5) is 24.3. The molecule has 0 radical (unpaired) electrons. The third kappa shape index (κ3) is 5.57. The van der Waals surface area contributed by atoms with Gasteiger partial charge in [0.2, 0.25) is 0 Å². The molecule has 1 amide bonds. The van der Waals surface area contributed by atoms with Crippen LogP contribution in [0.3, 0.4) is 0 Å². The molecule has 1 unspecified atom stereocenters. The first-order chi connectivity index (χ1) is 15.1. The Morgan fingerprint density at radius 2 is 1.81 bits per heavy atom. The second-order valence-electron chi connectivity index (χ2n) is 7.87. The molecule has 1 aliphatic heterocycles. The summed E-state index contributed by atoms with van der Waals surface area (Å²) in [6, 6.07) is 15.3. The van der Waals surface area contributed by atoms with Crippen molar-refractivity contribution in [3.8, 4) is 5.75 Å². The molecule has 1 heterocycles. The molecule has 0 spiro atoms. The van der Waals surface area contributed by atoms with E-state index in [0.29, 0.717) is 11.3 Å². The summed E-state index contributed by atoms with van der Waals surface area (Å²) < 4.78 is 37.9. The van der Waals surface area contributed by atoms with Crippen LogP contribution in [0.15, 0.2) is 54.6 Å².